The highest BCUT2D eigenvalue weighted by Crippen LogP contribution is 2.15. The van der Waals surface area contributed by atoms with Crippen molar-refractivity contribution in [1.82, 2.24) is 0 Å². The smallest absolute Gasteiger partial charge is 0.262 e. The topological polar surface area (TPSA) is 95.5 Å². The number of ether oxygens (including phenoxy) is 1. The number of aromatic carboxylic acids is 1. The molecule has 156 valence electrons. The van der Waals surface area contributed by atoms with Crippen LogP contribution in [-0.4, -0.2) is 24.3 Å². The molecular formula is C25H20NO5-. The van der Waals surface area contributed by atoms with Crippen LogP contribution in [0.1, 0.15) is 31.8 Å². The summed E-state index contributed by atoms with van der Waals surface area (Å²) in [6, 6.07) is 19.9. The van der Waals surface area contributed by atoms with Gasteiger partial charge in [-0.3, -0.25) is 9.59 Å². The summed E-state index contributed by atoms with van der Waals surface area (Å²) >= 11 is 0. The lowest BCUT2D eigenvalue weighted by atomic mass is 10.1. The van der Waals surface area contributed by atoms with Gasteiger partial charge in [0, 0.05) is 11.3 Å². The quantitative estimate of drug-likeness (QED) is 0.451. The van der Waals surface area contributed by atoms with E-state index in [1.165, 1.54) is 18.2 Å². The monoisotopic (exact) mass is 414 g/mol. The molecule has 3 aromatic rings. The number of benzene rings is 3. The molecule has 0 saturated heterocycles. The van der Waals surface area contributed by atoms with Crippen LogP contribution < -0.4 is 15.2 Å². The number of amides is 1. The maximum Gasteiger partial charge on any atom is 0.262 e. The molecule has 0 unspecified atom stereocenters. The van der Waals surface area contributed by atoms with Crippen molar-refractivity contribution in [2.45, 2.75) is 6.92 Å². The lowest BCUT2D eigenvalue weighted by Crippen LogP contribution is -2.21. The average Bonchev–Trinajstić information content (AvgIpc) is 2.78. The third-order valence-corrected chi connectivity index (χ3v) is 4.50. The van der Waals surface area contributed by atoms with Crippen molar-refractivity contribution < 1.29 is 24.2 Å². The Morgan fingerprint density at radius 1 is 0.903 bits per heavy atom. The number of carbonyl (C=O) groups is 3. The Balaban J connectivity index is 1.53. The molecule has 31 heavy (non-hydrogen) atoms. The highest BCUT2D eigenvalue weighted by Gasteiger charge is 2.07. The first kappa shape index (κ1) is 21.5. The summed E-state index contributed by atoms with van der Waals surface area (Å²) in [4.78, 5) is 35.1. The Bertz CT molecular complexity index is 1120. The molecule has 0 aliphatic rings. The second-order valence-corrected chi connectivity index (χ2v) is 6.78. The molecular weight excluding hydrogens is 394 g/mol. The van der Waals surface area contributed by atoms with E-state index in [9.17, 15) is 19.5 Å². The number of aryl methyl sites for hydroxylation is 1. The number of nitrogens with one attached hydrogen (secondary N) is 1. The predicted molar refractivity (Wildman–Crippen MR) is 116 cm³/mol. The zero-order chi connectivity index (χ0) is 22.2. The maximum atomic E-state index is 12.3. The molecule has 0 radical (unpaired) electrons. The average molecular weight is 414 g/mol. The number of ketones is 1. The number of carboxylic acids is 1. The van der Waals surface area contributed by atoms with Gasteiger partial charge in [-0.1, -0.05) is 48.5 Å². The number of hydrogen-bond acceptors (Lipinski definition) is 5. The van der Waals surface area contributed by atoms with Gasteiger partial charge in [-0.2, -0.15) is 0 Å². The lowest BCUT2D eigenvalue weighted by Gasteiger charge is -2.09. The fraction of sp³-hybridized carbons (Fsp3) is 0.0800. The molecule has 0 aromatic heterocycles. The van der Waals surface area contributed by atoms with E-state index >= 15 is 0 Å². The van der Waals surface area contributed by atoms with Crippen LogP contribution >= 0.6 is 0 Å². The summed E-state index contributed by atoms with van der Waals surface area (Å²) in [7, 11) is 0. The van der Waals surface area contributed by atoms with E-state index in [0.717, 1.165) is 11.3 Å². The van der Waals surface area contributed by atoms with Crippen molar-refractivity contribution >= 4 is 29.4 Å². The third-order valence-electron chi connectivity index (χ3n) is 4.50. The molecule has 0 bridgehead atoms. The van der Waals surface area contributed by atoms with Crippen molar-refractivity contribution in [3.8, 4) is 5.75 Å². The first-order valence-electron chi connectivity index (χ1n) is 9.54. The Hall–Kier alpha value is -4.19. The molecule has 6 heteroatoms. The summed E-state index contributed by atoms with van der Waals surface area (Å²) in [5.74, 6) is -1.27. The normalized spacial score (nSPS) is 10.6. The SMILES string of the molecule is Cc1ccccc1NC(=O)COc1ccc(C(=O)/C=C/c2ccc(C(=O)[O-])cc2)cc1. The molecule has 0 fully saturated rings. The molecule has 0 saturated carbocycles. The van der Waals surface area contributed by atoms with Gasteiger partial charge in [-0.05, 0) is 60.0 Å². The summed E-state index contributed by atoms with van der Waals surface area (Å²) in [6.07, 6.45) is 3.00. The van der Waals surface area contributed by atoms with Crippen molar-refractivity contribution in [3.05, 3.63) is 101 Å². The van der Waals surface area contributed by atoms with Gasteiger partial charge >= 0.3 is 0 Å². The fourth-order valence-corrected chi connectivity index (χ4v) is 2.76. The van der Waals surface area contributed by atoms with Gasteiger partial charge in [0.1, 0.15) is 5.75 Å². The summed E-state index contributed by atoms with van der Waals surface area (Å²) < 4.78 is 5.48. The van der Waals surface area contributed by atoms with Crippen molar-refractivity contribution in [3.63, 3.8) is 0 Å². The number of hydrogen-bond donors (Lipinski definition) is 1. The zero-order valence-corrected chi connectivity index (χ0v) is 16.8. The van der Waals surface area contributed by atoms with E-state index in [4.69, 9.17) is 4.74 Å². The number of anilines is 1. The molecule has 0 heterocycles. The molecule has 0 spiro atoms. The number of rotatable bonds is 8. The van der Waals surface area contributed by atoms with Gasteiger partial charge in [-0.25, -0.2) is 0 Å². The van der Waals surface area contributed by atoms with E-state index in [1.807, 2.05) is 31.2 Å². The van der Waals surface area contributed by atoms with Crippen LogP contribution in [0.5, 0.6) is 5.75 Å². The van der Waals surface area contributed by atoms with Gasteiger partial charge in [-0.15, -0.1) is 0 Å². The molecule has 0 aliphatic carbocycles. The minimum atomic E-state index is -1.25. The minimum absolute atomic E-state index is 0.0756. The molecule has 0 atom stereocenters. The Labute approximate surface area is 179 Å². The van der Waals surface area contributed by atoms with Crippen LogP contribution in [-0.2, 0) is 4.79 Å². The second-order valence-electron chi connectivity index (χ2n) is 6.78. The molecule has 1 amide bonds. The van der Waals surface area contributed by atoms with Crippen LogP contribution in [0, 0.1) is 6.92 Å². The van der Waals surface area contributed by atoms with Gasteiger partial charge in [0.2, 0.25) is 0 Å². The Morgan fingerprint density at radius 3 is 2.19 bits per heavy atom. The summed E-state index contributed by atoms with van der Waals surface area (Å²) in [5, 5.41) is 13.5. The van der Waals surface area contributed by atoms with E-state index < -0.39 is 5.97 Å². The lowest BCUT2D eigenvalue weighted by molar-refractivity contribution is -0.255. The molecule has 6 nitrogen and oxygen atoms in total. The van der Waals surface area contributed by atoms with E-state index in [1.54, 1.807) is 42.5 Å². The van der Waals surface area contributed by atoms with Crippen LogP contribution in [0.2, 0.25) is 0 Å². The third kappa shape index (κ3) is 6.14. The summed E-state index contributed by atoms with van der Waals surface area (Å²) in [6.45, 7) is 1.76. The number of allylic oxidation sites excluding steroid dienone is 1. The highest BCUT2D eigenvalue weighted by molar-refractivity contribution is 6.06. The van der Waals surface area contributed by atoms with Crippen LogP contribution in [0.15, 0.2) is 78.9 Å². The molecule has 1 N–H and O–H groups in total. The van der Waals surface area contributed by atoms with E-state index in [2.05, 4.69) is 5.32 Å². The van der Waals surface area contributed by atoms with Crippen molar-refractivity contribution in [2.24, 2.45) is 0 Å². The molecule has 0 aliphatic heterocycles. The standard InChI is InChI=1S/C25H21NO5/c1-17-4-2-3-5-22(17)26-24(28)16-31-21-13-11-19(12-14-21)23(27)15-8-18-6-9-20(10-7-18)25(29)30/h2-15H,16H2,1H3,(H,26,28)(H,29,30)/p-1/b15-8+. The van der Waals surface area contributed by atoms with Crippen LogP contribution in [0.25, 0.3) is 6.08 Å². The molecule has 3 rings (SSSR count). The first-order valence-corrected chi connectivity index (χ1v) is 9.54. The first-order chi connectivity index (χ1) is 14.9. The fourth-order valence-electron chi connectivity index (χ4n) is 2.76. The van der Waals surface area contributed by atoms with Gasteiger partial charge < -0.3 is 20.0 Å². The summed E-state index contributed by atoms with van der Waals surface area (Å²) in [5.41, 5.74) is 2.92. The van der Waals surface area contributed by atoms with Gasteiger partial charge in [0.05, 0.1) is 5.97 Å². The van der Waals surface area contributed by atoms with E-state index in [0.29, 0.717) is 16.9 Å². The predicted octanol–water partition coefficient (Wildman–Crippen LogP) is 3.27. The van der Waals surface area contributed by atoms with Crippen LogP contribution in [0.4, 0.5) is 5.69 Å². The Morgan fingerprint density at radius 2 is 1.55 bits per heavy atom. The van der Waals surface area contributed by atoms with Crippen LogP contribution in [0.3, 0.4) is 0 Å². The second kappa shape index (κ2) is 10.0. The number of carboxylic acid groups (broad SMARTS) is 1. The van der Waals surface area contributed by atoms with Crippen molar-refractivity contribution in [1.29, 1.82) is 0 Å². The van der Waals surface area contributed by atoms with Crippen molar-refractivity contribution in [2.75, 3.05) is 11.9 Å². The maximum absolute atomic E-state index is 12.3. The van der Waals surface area contributed by atoms with Gasteiger partial charge in [0.15, 0.2) is 12.4 Å². The molecule has 3 aromatic carbocycles. The number of carbonyl (C=O) groups excluding carboxylic acids is 3. The van der Waals surface area contributed by atoms with E-state index in [-0.39, 0.29) is 23.9 Å². The zero-order valence-electron chi connectivity index (χ0n) is 16.8. The highest BCUT2D eigenvalue weighted by atomic mass is 16.5. The Kier molecular flexibility index (Phi) is 6.96. The minimum Gasteiger partial charge on any atom is -0.545 e. The largest absolute Gasteiger partial charge is 0.545 e. The van der Waals surface area contributed by atoms with Gasteiger partial charge in [0.25, 0.3) is 5.91 Å². The number of para-hydroxylation sites is 1.